The minimum atomic E-state index is -0.815. The number of amides is 1. The SMILES string of the molecule is COC(=O)[C@@H](N)CCC(=O)Nc1ccccc1O. The number of benzene rings is 1. The van der Waals surface area contributed by atoms with Gasteiger partial charge in [0.05, 0.1) is 12.8 Å². The zero-order chi connectivity index (χ0) is 13.5. The van der Waals surface area contributed by atoms with Gasteiger partial charge < -0.3 is 20.9 Å². The molecule has 0 aromatic heterocycles. The minimum Gasteiger partial charge on any atom is -0.506 e. The summed E-state index contributed by atoms with van der Waals surface area (Å²) >= 11 is 0. The summed E-state index contributed by atoms with van der Waals surface area (Å²) in [6.07, 6.45) is 0.261. The summed E-state index contributed by atoms with van der Waals surface area (Å²) in [7, 11) is 1.24. The van der Waals surface area contributed by atoms with Crippen molar-refractivity contribution < 1.29 is 19.4 Å². The van der Waals surface area contributed by atoms with Crippen molar-refractivity contribution in [3.63, 3.8) is 0 Å². The molecule has 6 nitrogen and oxygen atoms in total. The molecule has 1 atom stereocenters. The van der Waals surface area contributed by atoms with Crippen molar-refractivity contribution in [2.45, 2.75) is 18.9 Å². The van der Waals surface area contributed by atoms with Crippen LogP contribution >= 0.6 is 0 Å². The molecular formula is C12H16N2O4. The smallest absolute Gasteiger partial charge is 0.322 e. The van der Waals surface area contributed by atoms with E-state index in [1.807, 2.05) is 0 Å². The van der Waals surface area contributed by atoms with E-state index in [0.29, 0.717) is 5.69 Å². The molecule has 0 fully saturated rings. The van der Waals surface area contributed by atoms with Crippen molar-refractivity contribution in [3.05, 3.63) is 24.3 Å². The molecule has 1 rings (SSSR count). The molecule has 0 radical (unpaired) electrons. The van der Waals surface area contributed by atoms with E-state index in [0.717, 1.165) is 0 Å². The topological polar surface area (TPSA) is 102 Å². The summed E-state index contributed by atoms with van der Waals surface area (Å²) in [5, 5.41) is 12.0. The predicted molar refractivity (Wildman–Crippen MR) is 66.0 cm³/mol. The van der Waals surface area contributed by atoms with Crippen molar-refractivity contribution in [1.29, 1.82) is 0 Å². The number of carbonyl (C=O) groups excluding carboxylic acids is 2. The van der Waals surface area contributed by atoms with Crippen molar-refractivity contribution in [2.24, 2.45) is 5.73 Å². The third kappa shape index (κ3) is 4.06. The van der Waals surface area contributed by atoms with Crippen LogP contribution in [-0.2, 0) is 14.3 Å². The van der Waals surface area contributed by atoms with E-state index in [-0.39, 0.29) is 24.5 Å². The minimum absolute atomic E-state index is 0.0110. The van der Waals surface area contributed by atoms with E-state index in [9.17, 15) is 14.7 Å². The van der Waals surface area contributed by atoms with Gasteiger partial charge in [-0.05, 0) is 18.6 Å². The molecule has 0 heterocycles. The molecule has 6 heteroatoms. The van der Waals surface area contributed by atoms with E-state index < -0.39 is 12.0 Å². The van der Waals surface area contributed by atoms with Crippen LogP contribution in [0.15, 0.2) is 24.3 Å². The van der Waals surface area contributed by atoms with E-state index in [1.54, 1.807) is 18.2 Å². The van der Waals surface area contributed by atoms with Crippen LogP contribution < -0.4 is 11.1 Å². The fourth-order valence-electron chi connectivity index (χ4n) is 1.35. The average molecular weight is 252 g/mol. The second-order valence-corrected chi connectivity index (χ2v) is 3.73. The zero-order valence-electron chi connectivity index (χ0n) is 10.1. The van der Waals surface area contributed by atoms with Crippen molar-refractivity contribution in [2.75, 3.05) is 12.4 Å². The highest BCUT2D eigenvalue weighted by atomic mass is 16.5. The van der Waals surface area contributed by atoms with Gasteiger partial charge in [-0.2, -0.15) is 0 Å². The maximum atomic E-state index is 11.6. The molecule has 0 aliphatic rings. The maximum Gasteiger partial charge on any atom is 0.322 e. The first-order valence-corrected chi connectivity index (χ1v) is 5.46. The van der Waals surface area contributed by atoms with E-state index in [1.165, 1.54) is 13.2 Å². The number of nitrogens with two attached hydrogens (primary N) is 1. The monoisotopic (exact) mass is 252 g/mol. The lowest BCUT2D eigenvalue weighted by atomic mass is 10.1. The third-order valence-corrected chi connectivity index (χ3v) is 2.36. The number of anilines is 1. The molecule has 4 N–H and O–H groups in total. The highest BCUT2D eigenvalue weighted by Gasteiger charge is 2.15. The number of carbonyl (C=O) groups is 2. The molecule has 0 saturated carbocycles. The lowest BCUT2D eigenvalue weighted by Gasteiger charge is -2.10. The molecule has 1 amide bonds. The molecule has 0 unspecified atom stereocenters. The summed E-state index contributed by atoms with van der Waals surface area (Å²) in [4.78, 5) is 22.6. The van der Waals surface area contributed by atoms with Gasteiger partial charge in [0.1, 0.15) is 11.8 Å². The molecule has 0 saturated heterocycles. The molecular weight excluding hydrogens is 236 g/mol. The van der Waals surface area contributed by atoms with Crippen LogP contribution in [0, 0.1) is 0 Å². The highest BCUT2D eigenvalue weighted by molar-refractivity contribution is 5.92. The number of para-hydroxylation sites is 2. The van der Waals surface area contributed by atoms with E-state index in [2.05, 4.69) is 10.1 Å². The Kier molecular flexibility index (Phi) is 5.13. The molecule has 1 aromatic carbocycles. The Bertz CT molecular complexity index is 434. The lowest BCUT2D eigenvalue weighted by molar-refractivity contribution is -0.142. The quantitative estimate of drug-likeness (QED) is 0.526. The van der Waals surface area contributed by atoms with Crippen LogP contribution in [-0.4, -0.2) is 30.1 Å². The van der Waals surface area contributed by atoms with Gasteiger partial charge >= 0.3 is 5.97 Å². The van der Waals surface area contributed by atoms with E-state index in [4.69, 9.17) is 5.73 Å². The van der Waals surface area contributed by atoms with Crippen LogP contribution in [0.1, 0.15) is 12.8 Å². The van der Waals surface area contributed by atoms with Crippen LogP contribution in [0.25, 0.3) is 0 Å². The summed E-state index contributed by atoms with van der Waals surface area (Å²) in [5.74, 6) is -0.885. The first kappa shape index (κ1) is 14.0. The number of rotatable bonds is 5. The van der Waals surface area contributed by atoms with Gasteiger partial charge in [-0.3, -0.25) is 9.59 Å². The first-order chi connectivity index (χ1) is 8.54. The van der Waals surface area contributed by atoms with Gasteiger partial charge in [-0.25, -0.2) is 0 Å². The number of ether oxygens (including phenoxy) is 1. The Hall–Kier alpha value is -2.08. The largest absolute Gasteiger partial charge is 0.506 e. The molecule has 1 aromatic rings. The molecule has 0 spiro atoms. The van der Waals surface area contributed by atoms with Gasteiger partial charge in [0.15, 0.2) is 0 Å². The van der Waals surface area contributed by atoms with Crippen LogP contribution in [0.3, 0.4) is 0 Å². The maximum absolute atomic E-state index is 11.6. The Balaban J connectivity index is 2.43. The molecule has 0 aliphatic heterocycles. The molecule has 0 aliphatic carbocycles. The van der Waals surface area contributed by atoms with Gasteiger partial charge in [-0.1, -0.05) is 12.1 Å². The zero-order valence-corrected chi connectivity index (χ0v) is 10.1. The number of phenolic OH excluding ortho intramolecular Hbond substituents is 1. The van der Waals surface area contributed by atoms with E-state index >= 15 is 0 Å². The summed E-state index contributed by atoms with van der Waals surface area (Å²) in [6.45, 7) is 0. The number of hydrogen-bond acceptors (Lipinski definition) is 5. The van der Waals surface area contributed by atoms with Gasteiger partial charge in [0.25, 0.3) is 0 Å². The Morgan fingerprint density at radius 3 is 2.72 bits per heavy atom. The average Bonchev–Trinajstić information content (AvgIpc) is 2.37. The van der Waals surface area contributed by atoms with Gasteiger partial charge in [0.2, 0.25) is 5.91 Å². The van der Waals surface area contributed by atoms with Crippen LogP contribution in [0.4, 0.5) is 5.69 Å². The van der Waals surface area contributed by atoms with Gasteiger partial charge in [0, 0.05) is 6.42 Å². The van der Waals surface area contributed by atoms with Crippen molar-refractivity contribution in [1.82, 2.24) is 0 Å². The van der Waals surface area contributed by atoms with Crippen molar-refractivity contribution in [3.8, 4) is 5.75 Å². The summed E-state index contributed by atoms with van der Waals surface area (Å²) in [5.41, 5.74) is 5.82. The third-order valence-electron chi connectivity index (χ3n) is 2.36. The fraction of sp³-hybridized carbons (Fsp3) is 0.333. The number of nitrogens with one attached hydrogen (secondary N) is 1. The molecule has 0 bridgehead atoms. The Morgan fingerprint density at radius 1 is 1.44 bits per heavy atom. The normalized spacial score (nSPS) is 11.7. The lowest BCUT2D eigenvalue weighted by Crippen LogP contribution is -2.32. The Morgan fingerprint density at radius 2 is 2.11 bits per heavy atom. The standard InChI is InChI=1S/C12H16N2O4/c1-18-12(17)8(13)6-7-11(16)14-9-4-2-3-5-10(9)15/h2-5,8,15H,6-7,13H2,1H3,(H,14,16)/t8-/m0/s1. The van der Waals surface area contributed by atoms with Gasteiger partial charge in [-0.15, -0.1) is 0 Å². The number of methoxy groups -OCH3 is 1. The van der Waals surface area contributed by atoms with Crippen LogP contribution in [0.5, 0.6) is 5.75 Å². The number of hydrogen-bond donors (Lipinski definition) is 3. The second-order valence-electron chi connectivity index (χ2n) is 3.73. The molecule has 98 valence electrons. The Labute approximate surface area is 105 Å². The number of esters is 1. The fourth-order valence-corrected chi connectivity index (χ4v) is 1.35. The predicted octanol–water partition coefficient (Wildman–Crippen LogP) is 0.611. The summed E-state index contributed by atoms with van der Waals surface area (Å²) < 4.78 is 4.45. The number of phenols is 1. The van der Waals surface area contributed by atoms with Crippen LogP contribution in [0.2, 0.25) is 0 Å². The second kappa shape index (κ2) is 6.61. The summed E-state index contributed by atoms with van der Waals surface area (Å²) in [6, 6.07) is 5.57. The first-order valence-electron chi connectivity index (χ1n) is 5.46. The van der Waals surface area contributed by atoms with Crippen molar-refractivity contribution >= 4 is 17.6 Å². The highest BCUT2D eigenvalue weighted by Crippen LogP contribution is 2.21. The molecule has 18 heavy (non-hydrogen) atoms. The number of aromatic hydroxyl groups is 1.